The number of aliphatic hydroxyl groups is 1. The number of hydrogen-bond donors (Lipinski definition) is 1. The molecule has 1 aliphatic rings. The van der Waals surface area contributed by atoms with Gasteiger partial charge in [-0.1, -0.05) is 24.3 Å². The highest BCUT2D eigenvalue weighted by atomic mass is 19.1. The number of imidazole rings is 1. The van der Waals surface area contributed by atoms with Gasteiger partial charge in [0.05, 0.1) is 12.9 Å². The number of piperidine rings is 1. The second-order valence-electron chi connectivity index (χ2n) is 8.02. The summed E-state index contributed by atoms with van der Waals surface area (Å²) in [6, 6.07) is 14.4. The summed E-state index contributed by atoms with van der Waals surface area (Å²) in [7, 11) is 0. The maximum absolute atomic E-state index is 13.7. The average Bonchev–Trinajstić information content (AvgIpc) is 3.29. The van der Waals surface area contributed by atoms with Crippen molar-refractivity contribution in [1.29, 1.82) is 0 Å². The molecule has 6 nitrogen and oxygen atoms in total. The molecule has 3 aromatic rings. The summed E-state index contributed by atoms with van der Waals surface area (Å²) in [4.78, 5) is 6.34. The Morgan fingerprint density at radius 1 is 1.06 bits per heavy atom. The monoisotopic (exact) mass is 425 g/mol. The molecule has 7 heteroatoms. The summed E-state index contributed by atoms with van der Waals surface area (Å²) >= 11 is 0. The van der Waals surface area contributed by atoms with Crippen LogP contribution >= 0.6 is 0 Å². The van der Waals surface area contributed by atoms with Crippen LogP contribution in [0.5, 0.6) is 11.5 Å². The normalized spacial score (nSPS) is 16.2. The Morgan fingerprint density at radius 3 is 2.68 bits per heavy atom. The molecule has 0 amide bonds. The number of benzene rings is 2. The van der Waals surface area contributed by atoms with Gasteiger partial charge < -0.3 is 19.1 Å². The van der Waals surface area contributed by atoms with Crippen LogP contribution in [-0.4, -0.2) is 51.5 Å². The first-order valence-corrected chi connectivity index (χ1v) is 10.6. The minimum atomic E-state index is -0.933. The Labute approximate surface area is 181 Å². The fourth-order valence-corrected chi connectivity index (χ4v) is 3.73. The summed E-state index contributed by atoms with van der Waals surface area (Å²) in [5.74, 6) is 0.628. The molecule has 1 aliphatic heterocycles. The van der Waals surface area contributed by atoms with Crippen LogP contribution in [0.2, 0.25) is 0 Å². The Balaban J connectivity index is 1.23. The number of ether oxygens (including phenoxy) is 2. The van der Waals surface area contributed by atoms with Gasteiger partial charge in [0.2, 0.25) is 0 Å². The van der Waals surface area contributed by atoms with Gasteiger partial charge in [-0.25, -0.2) is 9.37 Å². The van der Waals surface area contributed by atoms with Crippen LogP contribution in [0.15, 0.2) is 67.3 Å². The number of halogens is 1. The van der Waals surface area contributed by atoms with E-state index in [2.05, 4.69) is 22.0 Å². The zero-order chi connectivity index (χ0) is 21.5. The van der Waals surface area contributed by atoms with Gasteiger partial charge in [0.1, 0.15) is 24.6 Å². The molecular formula is C24H28FN3O3. The Morgan fingerprint density at radius 2 is 1.90 bits per heavy atom. The molecule has 2 aromatic carbocycles. The molecule has 164 valence electrons. The minimum absolute atomic E-state index is 0.0992. The predicted octanol–water partition coefficient (Wildman–Crippen LogP) is 3.51. The molecule has 2 heterocycles. The summed E-state index contributed by atoms with van der Waals surface area (Å²) in [5.41, 5.74) is 0.241. The third-order valence-electron chi connectivity index (χ3n) is 5.60. The van der Waals surface area contributed by atoms with Gasteiger partial charge in [0, 0.05) is 32.0 Å². The van der Waals surface area contributed by atoms with Crippen LogP contribution in [0.1, 0.15) is 18.4 Å². The van der Waals surface area contributed by atoms with Crippen molar-refractivity contribution in [3.8, 4) is 11.5 Å². The van der Waals surface area contributed by atoms with E-state index >= 15 is 0 Å². The molecule has 0 bridgehead atoms. The molecule has 0 spiro atoms. The summed E-state index contributed by atoms with van der Waals surface area (Å²) in [6.07, 6.45) is 6.62. The van der Waals surface area contributed by atoms with Crippen molar-refractivity contribution in [1.82, 2.24) is 14.5 Å². The van der Waals surface area contributed by atoms with Gasteiger partial charge >= 0.3 is 0 Å². The largest absolute Gasteiger partial charge is 0.492 e. The summed E-state index contributed by atoms with van der Waals surface area (Å²) in [6.45, 7) is 3.74. The number of hydrogen-bond acceptors (Lipinski definition) is 5. The molecule has 4 rings (SSSR count). The van der Waals surface area contributed by atoms with Gasteiger partial charge in [0.25, 0.3) is 0 Å². The Bertz CT molecular complexity index is 956. The lowest BCUT2D eigenvalue weighted by atomic mass is 9.92. The molecule has 1 saturated heterocycles. The van der Waals surface area contributed by atoms with Crippen molar-refractivity contribution in [3.05, 3.63) is 78.6 Å². The fraction of sp³-hybridized carbons (Fsp3) is 0.375. The molecular weight excluding hydrogens is 397 g/mol. The van der Waals surface area contributed by atoms with Crippen LogP contribution < -0.4 is 9.47 Å². The Hall–Kier alpha value is -2.90. The van der Waals surface area contributed by atoms with Crippen molar-refractivity contribution < 1.29 is 19.0 Å². The van der Waals surface area contributed by atoms with Gasteiger partial charge in [-0.3, -0.25) is 4.90 Å². The smallest absolute Gasteiger partial charge is 0.165 e. The van der Waals surface area contributed by atoms with E-state index in [0.29, 0.717) is 19.4 Å². The molecule has 0 saturated carbocycles. The predicted molar refractivity (Wildman–Crippen MR) is 116 cm³/mol. The number of rotatable bonds is 9. The highest BCUT2D eigenvalue weighted by Gasteiger charge is 2.33. The molecule has 1 aromatic heterocycles. The molecule has 31 heavy (non-hydrogen) atoms. The molecule has 0 atom stereocenters. The minimum Gasteiger partial charge on any atom is -0.492 e. The maximum atomic E-state index is 13.7. The van der Waals surface area contributed by atoms with Crippen molar-refractivity contribution in [2.24, 2.45) is 0 Å². The second-order valence-corrected chi connectivity index (χ2v) is 8.02. The number of likely N-dealkylation sites (tertiary alicyclic amines) is 1. The third kappa shape index (κ3) is 6.06. The highest BCUT2D eigenvalue weighted by molar-refractivity contribution is 5.28. The van der Waals surface area contributed by atoms with E-state index in [1.807, 2.05) is 22.9 Å². The van der Waals surface area contributed by atoms with Crippen LogP contribution in [0.25, 0.3) is 0 Å². The maximum Gasteiger partial charge on any atom is 0.165 e. The van der Waals surface area contributed by atoms with Crippen molar-refractivity contribution in [2.75, 3.05) is 26.3 Å². The van der Waals surface area contributed by atoms with E-state index in [4.69, 9.17) is 9.47 Å². The zero-order valence-corrected chi connectivity index (χ0v) is 17.5. The average molecular weight is 426 g/mol. The molecule has 0 radical (unpaired) electrons. The van der Waals surface area contributed by atoms with Gasteiger partial charge in [-0.2, -0.15) is 0 Å². The van der Waals surface area contributed by atoms with E-state index in [-0.39, 0.29) is 12.4 Å². The topological polar surface area (TPSA) is 59.8 Å². The lowest BCUT2D eigenvalue weighted by Crippen LogP contribution is -2.47. The fourth-order valence-electron chi connectivity index (χ4n) is 3.73. The summed E-state index contributed by atoms with van der Waals surface area (Å²) < 4.78 is 27.1. The molecule has 1 N–H and O–H groups in total. The Kier molecular flexibility index (Phi) is 6.84. The van der Waals surface area contributed by atoms with E-state index in [1.54, 1.807) is 30.7 Å². The quantitative estimate of drug-likeness (QED) is 0.569. The zero-order valence-electron chi connectivity index (χ0n) is 17.5. The molecule has 0 aliphatic carbocycles. The van der Waals surface area contributed by atoms with E-state index in [0.717, 1.165) is 31.9 Å². The van der Waals surface area contributed by atoms with Gasteiger partial charge in [-0.05, 0) is 42.7 Å². The number of aromatic nitrogens is 2. The highest BCUT2D eigenvalue weighted by Crippen LogP contribution is 2.26. The number of nitrogens with zero attached hydrogens (tertiary/aromatic N) is 3. The van der Waals surface area contributed by atoms with Gasteiger partial charge in [-0.15, -0.1) is 0 Å². The van der Waals surface area contributed by atoms with E-state index in [1.165, 1.54) is 11.6 Å². The van der Waals surface area contributed by atoms with Crippen LogP contribution in [0.4, 0.5) is 4.39 Å². The van der Waals surface area contributed by atoms with E-state index < -0.39 is 11.4 Å². The van der Waals surface area contributed by atoms with Crippen molar-refractivity contribution in [2.45, 2.75) is 31.5 Å². The lowest BCUT2D eigenvalue weighted by molar-refractivity contribution is -0.0543. The molecule has 1 fully saturated rings. The second kappa shape index (κ2) is 9.94. The third-order valence-corrected chi connectivity index (χ3v) is 5.60. The molecule has 0 unspecified atom stereocenters. The van der Waals surface area contributed by atoms with Crippen LogP contribution in [-0.2, 0) is 13.1 Å². The van der Waals surface area contributed by atoms with E-state index in [9.17, 15) is 9.50 Å². The van der Waals surface area contributed by atoms with Gasteiger partial charge in [0.15, 0.2) is 11.6 Å². The van der Waals surface area contributed by atoms with Crippen molar-refractivity contribution >= 4 is 0 Å². The SMILES string of the molecule is OC1(COc2ccccc2F)CCN(Cc2cccc(OCCn3ccnc3)c2)CC1. The number of para-hydroxylation sites is 1. The standard InChI is InChI=1S/C24H28FN3O3/c25-22-6-1-2-7-23(22)31-18-24(29)8-11-27(12-9-24)17-20-4-3-5-21(16-20)30-15-14-28-13-10-26-19-28/h1-7,10,13,16,19,29H,8-9,11-12,14-15,17-18H2. The van der Waals surface area contributed by atoms with Crippen molar-refractivity contribution in [3.63, 3.8) is 0 Å². The first-order valence-electron chi connectivity index (χ1n) is 10.6. The van der Waals surface area contributed by atoms with Crippen LogP contribution in [0, 0.1) is 5.82 Å². The summed E-state index contributed by atoms with van der Waals surface area (Å²) in [5, 5.41) is 10.8. The first-order chi connectivity index (χ1) is 15.1. The first kappa shape index (κ1) is 21.3. The van der Waals surface area contributed by atoms with Crippen LogP contribution in [0.3, 0.4) is 0 Å². The lowest BCUT2D eigenvalue weighted by Gasteiger charge is -2.38.